The van der Waals surface area contributed by atoms with Crippen LogP contribution in [0.4, 0.5) is 33.6 Å². The highest BCUT2D eigenvalue weighted by Gasteiger charge is 2.41. The summed E-state index contributed by atoms with van der Waals surface area (Å²) in [6.45, 7) is 33.6. The Hall–Kier alpha value is -12.0. The summed E-state index contributed by atoms with van der Waals surface area (Å²) in [5, 5.41) is 15.2. The predicted molar refractivity (Wildman–Crippen MR) is 513 cm³/mol. The number of sulfonamides is 1. The molecule has 0 spiro atoms. The fourth-order valence-electron chi connectivity index (χ4n) is 16.9. The van der Waals surface area contributed by atoms with E-state index in [4.69, 9.17) is 19.4 Å². The number of aliphatic hydroxyl groups is 1. The lowest BCUT2D eigenvalue weighted by Crippen LogP contribution is -2.41. The molecule has 6 atom stereocenters. The number of anilines is 2. The molecule has 3 aliphatic rings. The molecule has 0 bridgehead atoms. The minimum atomic E-state index is -3.47. The number of rotatable bonds is 19. The summed E-state index contributed by atoms with van der Waals surface area (Å²) in [5.41, 5.74) is 24.9. The van der Waals surface area contributed by atoms with Crippen LogP contribution >= 0.6 is 0 Å². The van der Waals surface area contributed by atoms with Crippen LogP contribution in [0.1, 0.15) is 205 Å². The van der Waals surface area contributed by atoms with Crippen LogP contribution in [-0.4, -0.2) is 87.5 Å². The number of nitrogens with one attached hydrogen (secondary N) is 2. The van der Waals surface area contributed by atoms with E-state index in [9.17, 15) is 45.1 Å². The lowest BCUT2D eigenvalue weighted by molar-refractivity contribution is -0.158. The van der Waals surface area contributed by atoms with Crippen LogP contribution in [0.3, 0.4) is 0 Å². The lowest BCUT2D eigenvalue weighted by Gasteiger charge is -2.41. The molecule has 0 saturated heterocycles. The number of carbonyl (C=O) groups excluding carboxylic acids is 2. The molecular weight excluding hydrogens is 1650 g/mol. The van der Waals surface area contributed by atoms with Gasteiger partial charge in [0.2, 0.25) is 16.0 Å². The Bertz CT molecular complexity index is 6230. The summed E-state index contributed by atoms with van der Waals surface area (Å²) in [6, 6.07) is 60.0. The highest BCUT2D eigenvalue weighted by atomic mass is 32.2. The van der Waals surface area contributed by atoms with Crippen LogP contribution in [0.15, 0.2) is 230 Å². The molecule has 3 aliphatic carbocycles. The maximum atomic E-state index is 13.3. The van der Waals surface area contributed by atoms with Gasteiger partial charge in [-0.1, -0.05) is 192 Å². The zero-order chi connectivity index (χ0) is 93.6. The molecule has 1 saturated carbocycles. The molecule has 13 aromatic rings. The average Bonchev–Trinajstić information content (AvgIpc) is 1.73. The number of benzene rings is 8. The molecule has 0 radical (unpaired) electrons. The Morgan fingerprint density at radius 1 is 0.589 bits per heavy atom. The number of para-hydroxylation sites is 3. The van der Waals surface area contributed by atoms with Crippen molar-refractivity contribution in [2.75, 3.05) is 30.0 Å². The van der Waals surface area contributed by atoms with Crippen LogP contribution < -0.4 is 9.62 Å². The maximum absolute atomic E-state index is 13.3. The zero-order valence-electron chi connectivity index (χ0n) is 77.6. The number of halogens is 5. The second kappa shape index (κ2) is 43.4. The summed E-state index contributed by atoms with van der Waals surface area (Å²) in [7, 11) is 1.58. The third kappa shape index (κ3) is 23.9. The fourth-order valence-corrected chi connectivity index (χ4v) is 17.3. The highest BCUT2D eigenvalue weighted by molar-refractivity contribution is 7.92. The van der Waals surface area contributed by atoms with Crippen LogP contribution in [0.2, 0.25) is 0 Å². The Kier molecular flexibility index (Phi) is 32.8. The van der Waals surface area contributed by atoms with Crippen molar-refractivity contribution < 1.29 is 54.5 Å². The first-order chi connectivity index (χ1) is 61.4. The molecule has 15 nitrogen and oxygen atoms in total. The van der Waals surface area contributed by atoms with Gasteiger partial charge in [-0.25, -0.2) is 44.6 Å². The van der Waals surface area contributed by atoms with Crippen molar-refractivity contribution >= 4 is 55.3 Å². The number of nitrogens with zero attached hydrogens (tertiary/aromatic N) is 6. The van der Waals surface area contributed by atoms with E-state index in [1.165, 1.54) is 103 Å². The van der Waals surface area contributed by atoms with E-state index in [1.54, 1.807) is 31.4 Å². The van der Waals surface area contributed by atoms with E-state index >= 15 is 0 Å². The van der Waals surface area contributed by atoms with Crippen molar-refractivity contribution in [2.45, 2.75) is 185 Å². The Labute approximate surface area is 757 Å². The topological polar surface area (TPSA) is 195 Å². The lowest BCUT2D eigenvalue weighted by atomic mass is 9.69. The minimum absolute atomic E-state index is 0.0756. The molecule has 676 valence electrons. The number of aryl methyl sites for hydroxylation is 1. The quantitative estimate of drug-likeness (QED) is 0.0515. The molecule has 3 N–H and O–H groups in total. The fraction of sp³-hybridized carbons (Fsp3) is 0.333. The monoisotopic (exact) mass is 1770 g/mol. The van der Waals surface area contributed by atoms with Crippen molar-refractivity contribution in [3.05, 3.63) is 321 Å². The normalized spacial score (nSPS) is 16.0. The number of pyridine rings is 2. The number of methoxy groups -OCH3 is 1. The second-order valence-electron chi connectivity index (χ2n) is 35.1. The SMILES string of the molecule is CC(C)c1c(C(=O)Nc2ccccc2)cc(-c2ccc(F)cc2)n1C.CC[C@H](C)C(=O)O[C@H]1C[C@H](O)C=C2C=C[C@@H](C)[C@H](C)C21.COCc1c(C(C)C)nc(C(C)C)c(C)c1-c1ccc(F)cc1.Cc1[nH]c2ccccc2c1-c1ccc(F)cc1.Cc1c(-c2ccc(F)cc2)nc(N(C)S(C)(=O)=O)nc1C(C)C.Cc1c(C2CC2)nc2ccccc2c1-c1ccc(F)cc1. The highest BCUT2D eigenvalue weighted by Crippen LogP contribution is 2.46. The van der Waals surface area contributed by atoms with E-state index in [0.717, 1.165) is 134 Å². The Morgan fingerprint density at radius 3 is 1.60 bits per heavy atom. The Morgan fingerprint density at radius 2 is 1.09 bits per heavy atom. The van der Waals surface area contributed by atoms with Gasteiger partial charge in [0.1, 0.15) is 35.2 Å². The number of ether oxygens (including phenoxy) is 2. The first-order valence-corrected chi connectivity index (χ1v) is 46.2. The van der Waals surface area contributed by atoms with Gasteiger partial charge >= 0.3 is 5.97 Å². The number of fused-ring (bicyclic) bond motifs is 3. The van der Waals surface area contributed by atoms with Crippen molar-refractivity contribution in [1.82, 2.24) is 29.5 Å². The summed E-state index contributed by atoms with van der Waals surface area (Å²) >= 11 is 0. The molecule has 129 heavy (non-hydrogen) atoms. The van der Waals surface area contributed by atoms with Crippen LogP contribution in [0.5, 0.6) is 0 Å². The third-order valence-corrected chi connectivity index (χ3v) is 25.4. The van der Waals surface area contributed by atoms with Crippen LogP contribution in [0, 0.1) is 80.5 Å². The number of aromatic amines is 1. The summed E-state index contributed by atoms with van der Waals surface area (Å²) in [6.07, 6.45) is 10.3. The number of aromatic nitrogens is 6. The van der Waals surface area contributed by atoms with Gasteiger partial charge in [0, 0.05) is 112 Å². The molecule has 1 fully saturated rings. The number of aliphatic hydroxyl groups excluding tert-OH is 1. The molecule has 5 aromatic heterocycles. The largest absolute Gasteiger partial charge is 0.461 e. The van der Waals surface area contributed by atoms with E-state index < -0.39 is 16.1 Å². The van der Waals surface area contributed by atoms with Gasteiger partial charge in [0.25, 0.3) is 5.91 Å². The number of esters is 1. The minimum Gasteiger partial charge on any atom is -0.461 e. The molecular formula is C108H121F5N8O7S. The number of allylic oxidation sites excluding steroid dienone is 2. The number of amides is 1. The van der Waals surface area contributed by atoms with Gasteiger partial charge in [-0.3, -0.25) is 19.6 Å². The van der Waals surface area contributed by atoms with Crippen molar-refractivity contribution in [1.29, 1.82) is 0 Å². The molecule has 0 aliphatic heterocycles. The van der Waals surface area contributed by atoms with E-state index in [0.29, 0.717) is 53.9 Å². The molecule has 1 amide bonds. The maximum Gasteiger partial charge on any atom is 0.308 e. The number of carbonyl (C=O) groups is 2. The van der Waals surface area contributed by atoms with Gasteiger partial charge in [-0.2, -0.15) is 0 Å². The first kappa shape index (κ1) is 97.6. The Balaban J connectivity index is 0.000000150. The van der Waals surface area contributed by atoms with E-state index in [1.807, 2.05) is 156 Å². The van der Waals surface area contributed by atoms with Crippen LogP contribution in [-0.2, 0) is 37.9 Å². The molecule has 5 heterocycles. The van der Waals surface area contributed by atoms with Gasteiger partial charge in [0.05, 0.1) is 47.4 Å². The van der Waals surface area contributed by atoms with Gasteiger partial charge in [-0.05, 0) is 253 Å². The van der Waals surface area contributed by atoms with Gasteiger partial charge in [0.15, 0.2) is 0 Å². The second-order valence-corrected chi connectivity index (χ2v) is 37.1. The summed E-state index contributed by atoms with van der Waals surface area (Å²) in [5.74, 6) is 1.16. The summed E-state index contributed by atoms with van der Waals surface area (Å²) in [4.78, 5) is 46.8. The molecule has 1 unspecified atom stereocenters. The number of hydrogen-bond donors (Lipinski definition) is 3. The van der Waals surface area contributed by atoms with E-state index in [-0.39, 0.29) is 76.7 Å². The first-order valence-electron chi connectivity index (χ1n) is 44.3. The van der Waals surface area contributed by atoms with Gasteiger partial charge in [-0.15, -0.1) is 0 Å². The number of H-pyrrole nitrogens is 1. The van der Waals surface area contributed by atoms with Crippen molar-refractivity contribution in [3.8, 4) is 55.9 Å². The average molecular weight is 1770 g/mol. The smallest absolute Gasteiger partial charge is 0.308 e. The van der Waals surface area contributed by atoms with E-state index in [2.05, 4.69) is 126 Å². The van der Waals surface area contributed by atoms with Crippen LogP contribution in [0.25, 0.3) is 77.7 Å². The third-order valence-electron chi connectivity index (χ3n) is 24.2. The molecule has 8 aromatic carbocycles. The molecule has 21 heteroatoms. The standard InChI is InChI=1S/C21H21FN2O.C20H26FNO.C19H16FN.C17H26O3.C16H20FN3O2S.C15H12FN/c1-14(2)20-18(21(25)23-17-7-5-4-6-8-17)13-19(24(20)3)15-9-11-16(22)12-10-15;1-12(2)19-14(5)18(15-7-9-16(21)10-8-15)17(11-23-6)20(22-19)13(3)4;1-12-18(13-8-10-15(20)11-9-13)16-4-2-3-5-17(16)21-19(12)14-6-7-14;1-5-10(2)17(19)20-15-9-14(18)8-13-7-6-11(3)12(4)16(13)15;1-10(2)14-11(3)15(12-6-8-13(17)9-7-12)19-16(18-14)20(4)23(5,21)22;1-10-15(11-6-8-12(16)9-7-11)13-4-2-3-5-14(13)17-10/h4-14H,1-3H3,(H,23,25);7-10,12-13H,11H2,1-6H3;2-5,8-11,14H,6-7H2,1H3;6-8,10-12,14-16,18H,5,9H2,1-4H3;6-10H,1-5H3;2-9,17H,1H3/t;;;10-,11+,12-,14+,15-,16?;;/m...0../s1. The van der Waals surface area contributed by atoms with Crippen molar-refractivity contribution in [3.63, 3.8) is 0 Å². The zero-order valence-corrected chi connectivity index (χ0v) is 78.4. The van der Waals surface area contributed by atoms with Gasteiger partial charge < -0.3 is 29.4 Å². The molecule has 16 rings (SSSR count). The predicted octanol–water partition coefficient (Wildman–Crippen LogP) is 26.5. The van der Waals surface area contributed by atoms with Crippen molar-refractivity contribution in [2.24, 2.45) is 30.7 Å². The summed E-state index contributed by atoms with van der Waals surface area (Å²) < 4.78 is 104. The number of hydrogen-bond acceptors (Lipinski definition) is 11.